The van der Waals surface area contributed by atoms with Crippen LogP contribution >= 0.6 is 0 Å². The Labute approximate surface area is 170 Å². The van der Waals surface area contributed by atoms with Crippen molar-refractivity contribution in [3.63, 3.8) is 0 Å². The number of carboxylic acids is 1. The summed E-state index contributed by atoms with van der Waals surface area (Å²) in [5.74, 6) is -0.741. The Hall–Kier alpha value is -2.42. The average Bonchev–Trinajstić information content (AvgIpc) is 2.68. The first-order chi connectivity index (χ1) is 13.7. The van der Waals surface area contributed by atoms with Gasteiger partial charge in [-0.25, -0.2) is 8.42 Å². The normalized spacial score (nSPS) is 20.4. The van der Waals surface area contributed by atoms with Crippen molar-refractivity contribution < 1.29 is 28.2 Å². The lowest BCUT2D eigenvalue weighted by Crippen LogP contribution is -2.51. The molecule has 8 heteroatoms. The molecule has 1 heterocycles. The number of carbonyl (C=O) groups is 1. The molecule has 0 bridgehead atoms. The van der Waals surface area contributed by atoms with E-state index < -0.39 is 28.1 Å². The molecule has 2 aromatic rings. The quantitative estimate of drug-likeness (QED) is 0.746. The van der Waals surface area contributed by atoms with Gasteiger partial charge < -0.3 is 14.9 Å². The Morgan fingerprint density at radius 3 is 2.52 bits per heavy atom. The number of hydrogen-bond acceptors (Lipinski definition) is 5. The van der Waals surface area contributed by atoms with Crippen LogP contribution in [-0.2, 0) is 21.4 Å². The van der Waals surface area contributed by atoms with E-state index in [1.165, 1.54) is 12.1 Å². The summed E-state index contributed by atoms with van der Waals surface area (Å²) in [7, 11) is -3.99. The molecule has 0 radical (unpaired) electrons. The van der Waals surface area contributed by atoms with Crippen LogP contribution in [0.4, 0.5) is 0 Å². The summed E-state index contributed by atoms with van der Waals surface area (Å²) in [6, 6.07) is 10.8. The summed E-state index contributed by atoms with van der Waals surface area (Å²) in [5, 5.41) is 19.1. The highest BCUT2D eigenvalue weighted by Crippen LogP contribution is 2.27. The number of aliphatic carboxylic acids is 1. The van der Waals surface area contributed by atoms with Crippen molar-refractivity contribution in [3.8, 4) is 5.75 Å². The van der Waals surface area contributed by atoms with E-state index in [0.29, 0.717) is 12.4 Å². The van der Waals surface area contributed by atoms with Crippen LogP contribution in [0.25, 0.3) is 0 Å². The van der Waals surface area contributed by atoms with Crippen molar-refractivity contribution >= 4 is 16.0 Å². The summed E-state index contributed by atoms with van der Waals surface area (Å²) in [5.41, 5.74) is 3.30. The number of ether oxygens (including phenoxy) is 1. The van der Waals surface area contributed by atoms with Gasteiger partial charge in [0.2, 0.25) is 10.0 Å². The third-order valence-corrected chi connectivity index (χ3v) is 7.06. The number of piperidine rings is 1. The van der Waals surface area contributed by atoms with Gasteiger partial charge in [0.15, 0.2) is 0 Å². The SMILES string of the molecule is Cc1ccc(C)c(COc2ccc(S(=O)(=O)N3CCC(O)CC3C(=O)O)cc2)c1. The zero-order valence-electron chi connectivity index (χ0n) is 16.4. The van der Waals surface area contributed by atoms with Gasteiger partial charge in [-0.2, -0.15) is 4.31 Å². The van der Waals surface area contributed by atoms with Crippen molar-refractivity contribution in [2.24, 2.45) is 0 Å². The lowest BCUT2D eigenvalue weighted by molar-refractivity contribution is -0.143. The van der Waals surface area contributed by atoms with Crippen molar-refractivity contribution in [1.82, 2.24) is 4.31 Å². The molecule has 2 atom stereocenters. The summed E-state index contributed by atoms with van der Waals surface area (Å²) in [6.45, 7) is 4.34. The minimum absolute atomic E-state index is 0.000717. The Bertz CT molecular complexity index is 987. The lowest BCUT2D eigenvalue weighted by atomic mass is 10.0. The number of nitrogens with zero attached hydrogens (tertiary/aromatic N) is 1. The minimum Gasteiger partial charge on any atom is -0.489 e. The standard InChI is InChI=1S/C21H25NO6S/c1-14-3-4-15(2)16(11-14)13-28-18-5-7-19(8-6-18)29(26,27)22-10-9-17(23)12-20(22)21(24)25/h3-8,11,17,20,23H,9-10,12-13H2,1-2H3,(H,24,25). The molecule has 1 aliphatic rings. The number of sulfonamides is 1. The van der Waals surface area contributed by atoms with E-state index in [-0.39, 0.29) is 24.3 Å². The van der Waals surface area contributed by atoms with Gasteiger partial charge >= 0.3 is 5.97 Å². The molecule has 29 heavy (non-hydrogen) atoms. The maximum atomic E-state index is 12.9. The molecule has 0 saturated carbocycles. The minimum atomic E-state index is -3.99. The summed E-state index contributed by atoms with van der Waals surface area (Å²) in [6.07, 6.45) is -0.727. The first-order valence-corrected chi connectivity index (χ1v) is 10.8. The van der Waals surface area contributed by atoms with Crippen molar-refractivity contribution in [2.75, 3.05) is 6.54 Å². The molecule has 0 amide bonds. The van der Waals surface area contributed by atoms with E-state index in [4.69, 9.17) is 4.74 Å². The van der Waals surface area contributed by atoms with Gasteiger partial charge in [-0.05, 0) is 55.7 Å². The van der Waals surface area contributed by atoms with E-state index in [1.807, 2.05) is 32.0 Å². The van der Waals surface area contributed by atoms with Gasteiger partial charge in [0.1, 0.15) is 18.4 Å². The van der Waals surface area contributed by atoms with Crippen LogP contribution in [0, 0.1) is 13.8 Å². The fraction of sp³-hybridized carbons (Fsp3) is 0.381. The monoisotopic (exact) mass is 419 g/mol. The maximum absolute atomic E-state index is 12.9. The number of aliphatic hydroxyl groups excluding tert-OH is 1. The van der Waals surface area contributed by atoms with Crippen LogP contribution in [0.2, 0.25) is 0 Å². The fourth-order valence-corrected chi connectivity index (χ4v) is 5.00. The molecule has 0 aromatic heterocycles. The first kappa shape index (κ1) is 21.3. The Morgan fingerprint density at radius 1 is 1.17 bits per heavy atom. The molecule has 0 spiro atoms. The third-order valence-electron chi connectivity index (χ3n) is 5.14. The first-order valence-electron chi connectivity index (χ1n) is 9.40. The second-order valence-electron chi connectivity index (χ2n) is 7.34. The highest BCUT2D eigenvalue weighted by Gasteiger charge is 2.40. The van der Waals surface area contributed by atoms with Crippen molar-refractivity contribution in [1.29, 1.82) is 0 Å². The number of benzene rings is 2. The Kier molecular flexibility index (Phi) is 6.26. The molecule has 3 rings (SSSR count). The zero-order valence-corrected chi connectivity index (χ0v) is 17.2. The molecule has 1 saturated heterocycles. The molecular weight excluding hydrogens is 394 g/mol. The maximum Gasteiger partial charge on any atom is 0.322 e. The van der Waals surface area contributed by atoms with E-state index in [1.54, 1.807) is 12.1 Å². The van der Waals surface area contributed by atoms with Gasteiger partial charge in [-0.1, -0.05) is 23.8 Å². The predicted octanol–water partition coefficient (Wildman–Crippen LogP) is 2.48. The molecule has 156 valence electrons. The third kappa shape index (κ3) is 4.77. The van der Waals surface area contributed by atoms with E-state index in [0.717, 1.165) is 21.0 Å². The summed E-state index contributed by atoms with van der Waals surface area (Å²) >= 11 is 0. The van der Waals surface area contributed by atoms with Crippen LogP contribution in [0.15, 0.2) is 47.4 Å². The molecule has 0 aliphatic carbocycles. The number of rotatable bonds is 6. The highest BCUT2D eigenvalue weighted by molar-refractivity contribution is 7.89. The largest absolute Gasteiger partial charge is 0.489 e. The van der Waals surface area contributed by atoms with Crippen LogP contribution in [0.1, 0.15) is 29.5 Å². The van der Waals surface area contributed by atoms with E-state index in [2.05, 4.69) is 0 Å². The lowest BCUT2D eigenvalue weighted by Gasteiger charge is -2.34. The number of aryl methyl sites for hydroxylation is 2. The predicted molar refractivity (Wildman–Crippen MR) is 107 cm³/mol. The molecule has 1 fully saturated rings. The van der Waals surface area contributed by atoms with Gasteiger partial charge in [0.25, 0.3) is 0 Å². The van der Waals surface area contributed by atoms with Gasteiger partial charge in [-0.3, -0.25) is 4.79 Å². The van der Waals surface area contributed by atoms with Crippen LogP contribution in [0.5, 0.6) is 5.75 Å². The van der Waals surface area contributed by atoms with Crippen LogP contribution < -0.4 is 4.74 Å². The topological polar surface area (TPSA) is 104 Å². The molecule has 2 N–H and O–H groups in total. The van der Waals surface area contributed by atoms with Crippen LogP contribution in [0.3, 0.4) is 0 Å². The van der Waals surface area contributed by atoms with E-state index in [9.17, 15) is 23.4 Å². The van der Waals surface area contributed by atoms with E-state index >= 15 is 0 Å². The van der Waals surface area contributed by atoms with Crippen molar-refractivity contribution in [3.05, 3.63) is 59.2 Å². The highest BCUT2D eigenvalue weighted by atomic mass is 32.2. The number of aliphatic hydroxyl groups is 1. The Morgan fingerprint density at radius 2 is 1.86 bits per heavy atom. The fourth-order valence-electron chi connectivity index (χ4n) is 3.40. The van der Waals surface area contributed by atoms with Gasteiger partial charge in [0, 0.05) is 13.0 Å². The second-order valence-corrected chi connectivity index (χ2v) is 9.23. The average molecular weight is 419 g/mol. The van der Waals surface area contributed by atoms with Gasteiger partial charge in [-0.15, -0.1) is 0 Å². The molecule has 7 nitrogen and oxygen atoms in total. The molecular formula is C21H25NO6S. The smallest absolute Gasteiger partial charge is 0.322 e. The summed E-state index contributed by atoms with van der Waals surface area (Å²) < 4.78 is 32.6. The second kappa shape index (κ2) is 8.52. The zero-order chi connectivity index (χ0) is 21.2. The Balaban J connectivity index is 1.74. The van der Waals surface area contributed by atoms with Gasteiger partial charge in [0.05, 0.1) is 11.0 Å². The summed E-state index contributed by atoms with van der Waals surface area (Å²) in [4.78, 5) is 11.5. The van der Waals surface area contributed by atoms with Crippen molar-refractivity contribution in [2.45, 2.75) is 50.3 Å². The number of hydrogen-bond donors (Lipinski definition) is 2. The number of carboxylic acid groups (broad SMARTS) is 1. The molecule has 1 aliphatic heterocycles. The molecule has 2 aromatic carbocycles. The van der Waals surface area contributed by atoms with Crippen LogP contribution in [-0.4, -0.2) is 47.6 Å². The molecule has 2 unspecified atom stereocenters.